The van der Waals surface area contributed by atoms with E-state index in [1.807, 2.05) is 16.7 Å². The van der Waals surface area contributed by atoms with Gasteiger partial charge in [0.2, 0.25) is 5.95 Å². The van der Waals surface area contributed by atoms with Crippen LogP contribution in [0, 0.1) is 11.3 Å². The van der Waals surface area contributed by atoms with Crippen molar-refractivity contribution in [3.05, 3.63) is 30.2 Å². The standard InChI is InChI=1S/C12H11N5/c13-7-10-11(9-3-1-4-14-8-9)16-12-15-5-2-6-17(10)12/h1,3-4,8H,2,5-6H2,(H,15,16). The number of pyridine rings is 1. The second kappa shape index (κ2) is 3.91. The number of anilines is 1. The van der Waals surface area contributed by atoms with E-state index >= 15 is 0 Å². The van der Waals surface area contributed by atoms with Gasteiger partial charge < -0.3 is 9.88 Å². The predicted molar refractivity (Wildman–Crippen MR) is 63.3 cm³/mol. The van der Waals surface area contributed by atoms with Crippen molar-refractivity contribution < 1.29 is 0 Å². The number of hydrogen-bond acceptors (Lipinski definition) is 4. The zero-order chi connectivity index (χ0) is 11.7. The molecule has 0 fully saturated rings. The van der Waals surface area contributed by atoms with Crippen molar-refractivity contribution in [2.45, 2.75) is 13.0 Å². The maximum atomic E-state index is 9.27. The van der Waals surface area contributed by atoms with Crippen LogP contribution < -0.4 is 5.32 Å². The van der Waals surface area contributed by atoms with Gasteiger partial charge in [-0.1, -0.05) is 0 Å². The van der Waals surface area contributed by atoms with Crippen LogP contribution in [0.4, 0.5) is 5.95 Å². The summed E-state index contributed by atoms with van der Waals surface area (Å²) < 4.78 is 1.94. The Kier molecular flexibility index (Phi) is 2.26. The maximum Gasteiger partial charge on any atom is 0.204 e. The van der Waals surface area contributed by atoms with Crippen LogP contribution in [0.2, 0.25) is 0 Å². The molecule has 0 saturated heterocycles. The molecule has 1 aliphatic rings. The van der Waals surface area contributed by atoms with E-state index in [-0.39, 0.29) is 0 Å². The number of rotatable bonds is 1. The SMILES string of the molecule is N#Cc1c(-c2cccnc2)nc2n1CCCN2. The average molecular weight is 225 g/mol. The predicted octanol–water partition coefficient (Wildman–Crippen LogP) is 1.63. The van der Waals surface area contributed by atoms with Crippen molar-refractivity contribution in [1.29, 1.82) is 5.26 Å². The Balaban J connectivity index is 2.18. The highest BCUT2D eigenvalue weighted by molar-refractivity contribution is 5.67. The molecule has 0 aromatic carbocycles. The molecule has 3 rings (SSSR count). The van der Waals surface area contributed by atoms with E-state index in [0.717, 1.165) is 31.0 Å². The molecule has 3 heterocycles. The van der Waals surface area contributed by atoms with E-state index in [2.05, 4.69) is 21.4 Å². The molecule has 0 amide bonds. The normalized spacial score (nSPS) is 13.6. The molecule has 0 saturated carbocycles. The molecule has 1 aliphatic heterocycles. The smallest absolute Gasteiger partial charge is 0.204 e. The fraction of sp³-hybridized carbons (Fsp3) is 0.250. The van der Waals surface area contributed by atoms with E-state index in [1.165, 1.54) is 0 Å². The quantitative estimate of drug-likeness (QED) is 0.801. The third kappa shape index (κ3) is 1.54. The Hall–Kier alpha value is -2.35. The maximum absolute atomic E-state index is 9.27. The summed E-state index contributed by atoms with van der Waals surface area (Å²) in [5.74, 6) is 0.784. The highest BCUT2D eigenvalue weighted by Crippen LogP contribution is 2.27. The van der Waals surface area contributed by atoms with Crippen molar-refractivity contribution in [2.75, 3.05) is 11.9 Å². The molecule has 0 bridgehead atoms. The summed E-state index contributed by atoms with van der Waals surface area (Å²) in [7, 11) is 0. The van der Waals surface area contributed by atoms with E-state index in [4.69, 9.17) is 0 Å². The lowest BCUT2D eigenvalue weighted by molar-refractivity contribution is 0.622. The van der Waals surface area contributed by atoms with Gasteiger partial charge in [0.15, 0.2) is 0 Å². The Bertz CT molecular complexity index is 579. The lowest BCUT2D eigenvalue weighted by Gasteiger charge is -2.15. The first-order valence-electron chi connectivity index (χ1n) is 5.55. The fourth-order valence-corrected chi connectivity index (χ4v) is 2.06. The van der Waals surface area contributed by atoms with Gasteiger partial charge in [0.1, 0.15) is 17.5 Å². The highest BCUT2D eigenvalue weighted by atomic mass is 15.2. The van der Waals surface area contributed by atoms with E-state index in [9.17, 15) is 5.26 Å². The molecule has 17 heavy (non-hydrogen) atoms. The zero-order valence-corrected chi connectivity index (χ0v) is 9.22. The molecule has 2 aromatic heterocycles. The molecule has 2 aromatic rings. The van der Waals surface area contributed by atoms with Crippen LogP contribution in [0.25, 0.3) is 11.3 Å². The summed E-state index contributed by atoms with van der Waals surface area (Å²) in [5, 5.41) is 12.5. The van der Waals surface area contributed by atoms with Gasteiger partial charge >= 0.3 is 0 Å². The van der Waals surface area contributed by atoms with Gasteiger partial charge in [0.25, 0.3) is 0 Å². The monoisotopic (exact) mass is 225 g/mol. The molecule has 0 radical (unpaired) electrons. The topological polar surface area (TPSA) is 66.5 Å². The summed E-state index contributed by atoms with van der Waals surface area (Å²) in [5.41, 5.74) is 2.21. The lowest BCUT2D eigenvalue weighted by Crippen LogP contribution is -2.18. The van der Waals surface area contributed by atoms with Crippen molar-refractivity contribution in [2.24, 2.45) is 0 Å². The fourth-order valence-electron chi connectivity index (χ4n) is 2.06. The van der Waals surface area contributed by atoms with Crippen LogP contribution in [0.1, 0.15) is 12.1 Å². The largest absolute Gasteiger partial charge is 0.356 e. The van der Waals surface area contributed by atoms with Gasteiger partial charge in [-0.2, -0.15) is 5.26 Å². The second-order valence-electron chi connectivity index (χ2n) is 3.92. The minimum absolute atomic E-state index is 0.611. The molecular weight excluding hydrogens is 214 g/mol. The van der Waals surface area contributed by atoms with E-state index in [1.54, 1.807) is 12.4 Å². The van der Waals surface area contributed by atoms with Crippen molar-refractivity contribution >= 4 is 5.95 Å². The first-order chi connectivity index (χ1) is 8.40. The lowest BCUT2D eigenvalue weighted by atomic mass is 10.2. The van der Waals surface area contributed by atoms with Crippen molar-refractivity contribution in [3.8, 4) is 17.3 Å². The molecule has 0 atom stereocenters. The van der Waals surface area contributed by atoms with Crippen LogP contribution in [-0.2, 0) is 6.54 Å². The summed E-state index contributed by atoms with van der Waals surface area (Å²) in [6.07, 6.45) is 4.46. The van der Waals surface area contributed by atoms with Crippen LogP contribution in [-0.4, -0.2) is 21.1 Å². The molecule has 0 unspecified atom stereocenters. The third-order valence-electron chi connectivity index (χ3n) is 2.85. The van der Waals surface area contributed by atoms with Crippen LogP contribution in [0.15, 0.2) is 24.5 Å². The molecule has 5 heteroatoms. The first-order valence-corrected chi connectivity index (χ1v) is 5.55. The minimum Gasteiger partial charge on any atom is -0.356 e. The second-order valence-corrected chi connectivity index (χ2v) is 3.92. The minimum atomic E-state index is 0.611. The number of fused-ring (bicyclic) bond motifs is 1. The number of nitriles is 1. The number of nitrogens with zero attached hydrogens (tertiary/aromatic N) is 4. The first kappa shape index (κ1) is 9.85. The Labute approximate surface area is 98.7 Å². The number of nitrogens with one attached hydrogen (secondary N) is 1. The van der Waals surface area contributed by atoms with E-state index < -0.39 is 0 Å². The average Bonchev–Trinajstić information content (AvgIpc) is 2.78. The molecule has 84 valence electrons. The summed E-state index contributed by atoms with van der Waals surface area (Å²) in [6.45, 7) is 1.76. The van der Waals surface area contributed by atoms with Crippen LogP contribution in [0.5, 0.6) is 0 Å². The number of aromatic nitrogens is 3. The zero-order valence-electron chi connectivity index (χ0n) is 9.22. The molecule has 5 nitrogen and oxygen atoms in total. The summed E-state index contributed by atoms with van der Waals surface area (Å²) >= 11 is 0. The Morgan fingerprint density at radius 3 is 3.18 bits per heavy atom. The molecule has 0 aliphatic carbocycles. The number of imidazole rings is 1. The third-order valence-corrected chi connectivity index (χ3v) is 2.85. The molecule has 1 N–H and O–H groups in total. The van der Waals surface area contributed by atoms with Gasteiger partial charge in [-0.3, -0.25) is 4.98 Å². The van der Waals surface area contributed by atoms with Gasteiger partial charge in [-0.15, -0.1) is 0 Å². The summed E-state index contributed by atoms with van der Waals surface area (Å²) in [4.78, 5) is 8.54. The van der Waals surface area contributed by atoms with Gasteiger partial charge in [0.05, 0.1) is 0 Å². The number of hydrogen-bond donors (Lipinski definition) is 1. The van der Waals surface area contributed by atoms with Crippen molar-refractivity contribution in [3.63, 3.8) is 0 Å². The van der Waals surface area contributed by atoms with Crippen LogP contribution in [0.3, 0.4) is 0 Å². The van der Waals surface area contributed by atoms with Crippen LogP contribution >= 0.6 is 0 Å². The van der Waals surface area contributed by atoms with Gasteiger partial charge in [-0.25, -0.2) is 4.98 Å². The summed E-state index contributed by atoms with van der Waals surface area (Å²) in [6, 6.07) is 6.00. The van der Waals surface area contributed by atoms with E-state index in [0.29, 0.717) is 11.4 Å². The molecule has 0 spiro atoms. The molecular formula is C12H11N5. The highest BCUT2D eigenvalue weighted by Gasteiger charge is 2.20. The van der Waals surface area contributed by atoms with Gasteiger partial charge in [0, 0.05) is 31.0 Å². The Morgan fingerprint density at radius 1 is 1.47 bits per heavy atom. The Morgan fingerprint density at radius 2 is 2.41 bits per heavy atom. The van der Waals surface area contributed by atoms with Gasteiger partial charge in [-0.05, 0) is 18.6 Å². The van der Waals surface area contributed by atoms with Crippen molar-refractivity contribution in [1.82, 2.24) is 14.5 Å².